The summed E-state index contributed by atoms with van der Waals surface area (Å²) in [5.74, 6) is 0.352. The maximum absolute atomic E-state index is 12.4. The maximum atomic E-state index is 12.4. The lowest BCUT2D eigenvalue weighted by Crippen LogP contribution is -2.62. The van der Waals surface area contributed by atoms with Gasteiger partial charge in [-0.25, -0.2) is 0 Å². The predicted octanol–water partition coefficient (Wildman–Crippen LogP) is 3.38. The van der Waals surface area contributed by atoms with Crippen LogP contribution in [0.2, 0.25) is 0 Å². The van der Waals surface area contributed by atoms with Gasteiger partial charge < -0.3 is 9.84 Å². The molecule has 5 nitrogen and oxygen atoms in total. The molecule has 7 atom stereocenters. The number of carbonyl (C=O) groups is 3. The molecule has 0 aromatic rings. The van der Waals surface area contributed by atoms with Crippen molar-refractivity contribution in [1.29, 1.82) is 0 Å². The number of carbonyl (C=O) groups excluding carboxylic acids is 3. The molecule has 4 aliphatic carbocycles. The van der Waals surface area contributed by atoms with Crippen molar-refractivity contribution in [1.82, 2.24) is 0 Å². The summed E-state index contributed by atoms with van der Waals surface area (Å²) in [4.78, 5) is 36.5. The van der Waals surface area contributed by atoms with E-state index in [0.717, 1.165) is 25.7 Å². The molecular formula is C23H32O5. The predicted molar refractivity (Wildman–Crippen MR) is 103 cm³/mol. The molecule has 0 aliphatic heterocycles. The lowest BCUT2D eigenvalue weighted by atomic mass is 9.45. The van der Waals surface area contributed by atoms with Gasteiger partial charge >= 0.3 is 5.97 Å². The molecule has 154 valence electrons. The van der Waals surface area contributed by atoms with Gasteiger partial charge in [0, 0.05) is 24.7 Å². The van der Waals surface area contributed by atoms with Crippen molar-refractivity contribution in [2.45, 2.75) is 84.3 Å². The van der Waals surface area contributed by atoms with Gasteiger partial charge in [-0.2, -0.15) is 0 Å². The third kappa shape index (κ3) is 2.51. The molecule has 3 fully saturated rings. The van der Waals surface area contributed by atoms with Crippen LogP contribution in [-0.4, -0.2) is 34.3 Å². The second-order valence-electron chi connectivity index (χ2n) is 10.1. The first-order valence-corrected chi connectivity index (χ1v) is 10.7. The van der Waals surface area contributed by atoms with Crippen molar-refractivity contribution >= 4 is 17.5 Å². The fraction of sp³-hybridized carbons (Fsp3) is 0.783. The minimum absolute atomic E-state index is 0.136. The molecule has 0 amide bonds. The fourth-order valence-corrected chi connectivity index (χ4v) is 7.56. The van der Waals surface area contributed by atoms with Gasteiger partial charge in [0.25, 0.3) is 0 Å². The van der Waals surface area contributed by atoms with Gasteiger partial charge in [0.05, 0.1) is 0 Å². The molecule has 0 spiro atoms. The van der Waals surface area contributed by atoms with Crippen LogP contribution in [-0.2, 0) is 19.1 Å². The van der Waals surface area contributed by atoms with Gasteiger partial charge in [-0.05, 0) is 68.8 Å². The summed E-state index contributed by atoms with van der Waals surface area (Å²) in [7, 11) is 0. The Bertz CT molecular complexity index is 769. The Labute approximate surface area is 166 Å². The third-order valence-corrected chi connectivity index (χ3v) is 8.93. The second kappa shape index (κ2) is 6.25. The number of ether oxygens (including phenoxy) is 1. The highest BCUT2D eigenvalue weighted by atomic mass is 16.5. The molecule has 28 heavy (non-hydrogen) atoms. The summed E-state index contributed by atoms with van der Waals surface area (Å²) in [5, 5.41) is 11.4. The van der Waals surface area contributed by atoms with Crippen LogP contribution in [0.15, 0.2) is 11.6 Å². The molecule has 0 heterocycles. The number of esters is 1. The molecule has 4 rings (SSSR count). The summed E-state index contributed by atoms with van der Waals surface area (Å²) in [6, 6.07) is 0. The van der Waals surface area contributed by atoms with Crippen LogP contribution in [0.4, 0.5) is 0 Å². The SMILES string of the molecule is CC(=O)OC1C[C@@]2(C)[C@@H](CC[C@]2(O)C(C)=O)[C@@H]2CCC3=CC(=O)CC[C@]3(C)[C@@H]12. The average Bonchev–Trinajstić information content (AvgIpc) is 2.87. The first-order valence-electron chi connectivity index (χ1n) is 10.7. The summed E-state index contributed by atoms with van der Waals surface area (Å²) in [6.45, 7) is 7.17. The molecule has 0 saturated heterocycles. The van der Waals surface area contributed by atoms with Crippen molar-refractivity contribution in [3.8, 4) is 0 Å². The Balaban J connectivity index is 1.80. The van der Waals surface area contributed by atoms with E-state index >= 15 is 0 Å². The summed E-state index contributed by atoms with van der Waals surface area (Å²) in [5.41, 5.74) is -0.886. The second-order valence-corrected chi connectivity index (χ2v) is 10.1. The van der Waals surface area contributed by atoms with E-state index in [4.69, 9.17) is 4.74 Å². The number of fused-ring (bicyclic) bond motifs is 5. The number of rotatable bonds is 2. The Morgan fingerprint density at radius 1 is 1.14 bits per heavy atom. The van der Waals surface area contributed by atoms with Crippen LogP contribution in [0.5, 0.6) is 0 Å². The largest absolute Gasteiger partial charge is 0.462 e. The topological polar surface area (TPSA) is 80.7 Å². The Morgan fingerprint density at radius 3 is 2.50 bits per heavy atom. The highest BCUT2D eigenvalue weighted by Crippen LogP contribution is 2.68. The van der Waals surface area contributed by atoms with E-state index in [1.165, 1.54) is 19.4 Å². The van der Waals surface area contributed by atoms with E-state index < -0.39 is 11.0 Å². The molecule has 4 aliphatic rings. The van der Waals surface area contributed by atoms with E-state index in [-0.39, 0.29) is 46.8 Å². The highest BCUT2D eigenvalue weighted by Gasteiger charge is 2.68. The minimum atomic E-state index is -1.35. The summed E-state index contributed by atoms with van der Waals surface area (Å²) >= 11 is 0. The summed E-state index contributed by atoms with van der Waals surface area (Å²) in [6.07, 6.45) is 6.43. The third-order valence-electron chi connectivity index (χ3n) is 8.93. The fourth-order valence-electron chi connectivity index (χ4n) is 7.56. The lowest BCUT2D eigenvalue weighted by Gasteiger charge is -2.60. The van der Waals surface area contributed by atoms with Crippen molar-refractivity contribution in [2.24, 2.45) is 28.6 Å². The smallest absolute Gasteiger partial charge is 0.302 e. The number of Topliss-reactive ketones (excluding diaryl/α,β-unsaturated/α-hetero) is 1. The van der Waals surface area contributed by atoms with E-state index in [0.29, 0.717) is 19.3 Å². The number of hydrogen-bond acceptors (Lipinski definition) is 5. The van der Waals surface area contributed by atoms with Gasteiger partial charge in [-0.3, -0.25) is 14.4 Å². The van der Waals surface area contributed by atoms with Crippen LogP contribution >= 0.6 is 0 Å². The molecule has 3 saturated carbocycles. The van der Waals surface area contributed by atoms with Crippen LogP contribution in [0.1, 0.15) is 72.6 Å². The van der Waals surface area contributed by atoms with Crippen LogP contribution < -0.4 is 0 Å². The Morgan fingerprint density at radius 2 is 1.86 bits per heavy atom. The van der Waals surface area contributed by atoms with E-state index in [1.807, 2.05) is 13.0 Å². The van der Waals surface area contributed by atoms with Crippen molar-refractivity contribution in [3.05, 3.63) is 11.6 Å². The van der Waals surface area contributed by atoms with Crippen LogP contribution in [0.3, 0.4) is 0 Å². The molecular weight excluding hydrogens is 356 g/mol. The Kier molecular flexibility index (Phi) is 4.42. The number of ketones is 2. The van der Waals surface area contributed by atoms with Gasteiger partial charge in [0.1, 0.15) is 11.7 Å². The average molecular weight is 389 g/mol. The van der Waals surface area contributed by atoms with Crippen molar-refractivity contribution in [3.63, 3.8) is 0 Å². The zero-order chi connectivity index (χ0) is 20.5. The van der Waals surface area contributed by atoms with Crippen LogP contribution in [0, 0.1) is 28.6 Å². The molecule has 0 radical (unpaired) electrons. The zero-order valence-corrected chi connectivity index (χ0v) is 17.4. The molecule has 1 N–H and O–H groups in total. The number of hydrogen-bond donors (Lipinski definition) is 1. The standard InChI is InChI=1S/C23H32O5/c1-13(24)23(27)10-8-18-17-6-5-15-11-16(26)7-9-21(15,3)20(17)19(28-14(2)25)12-22(18,23)4/h11,17-20,27H,5-10,12H2,1-4H3/t17-,18-,19?,20+,21-,22-,23-/m0/s1. The first-order chi connectivity index (χ1) is 13.0. The maximum Gasteiger partial charge on any atom is 0.302 e. The Hall–Kier alpha value is -1.49. The zero-order valence-electron chi connectivity index (χ0n) is 17.4. The van der Waals surface area contributed by atoms with Gasteiger partial charge in [-0.1, -0.05) is 19.4 Å². The van der Waals surface area contributed by atoms with Crippen LogP contribution in [0.25, 0.3) is 0 Å². The monoisotopic (exact) mass is 388 g/mol. The first kappa shape index (κ1) is 19.8. The molecule has 5 heteroatoms. The molecule has 1 unspecified atom stereocenters. The highest BCUT2D eigenvalue weighted by molar-refractivity contribution is 5.91. The van der Waals surface area contributed by atoms with E-state index in [1.54, 1.807) is 0 Å². The molecule has 0 aromatic carbocycles. The van der Waals surface area contributed by atoms with Gasteiger partial charge in [0.2, 0.25) is 0 Å². The van der Waals surface area contributed by atoms with Crippen molar-refractivity contribution in [2.75, 3.05) is 0 Å². The van der Waals surface area contributed by atoms with E-state index in [2.05, 4.69) is 6.92 Å². The molecule has 0 bridgehead atoms. The van der Waals surface area contributed by atoms with Gasteiger partial charge in [0.15, 0.2) is 11.6 Å². The van der Waals surface area contributed by atoms with E-state index in [9.17, 15) is 19.5 Å². The quantitative estimate of drug-likeness (QED) is 0.734. The van der Waals surface area contributed by atoms with Gasteiger partial charge in [-0.15, -0.1) is 0 Å². The lowest BCUT2D eigenvalue weighted by molar-refractivity contribution is -0.193. The number of aliphatic hydroxyl groups is 1. The number of allylic oxidation sites excluding steroid dienone is 1. The minimum Gasteiger partial charge on any atom is -0.462 e. The van der Waals surface area contributed by atoms with Crippen molar-refractivity contribution < 1.29 is 24.2 Å². The normalized spacial score (nSPS) is 47.5. The molecule has 0 aromatic heterocycles. The summed E-state index contributed by atoms with van der Waals surface area (Å²) < 4.78 is 5.87.